The van der Waals surface area contributed by atoms with E-state index in [9.17, 15) is 19.3 Å². The number of carboxylic acid groups (broad SMARTS) is 1. The summed E-state index contributed by atoms with van der Waals surface area (Å²) in [5.74, 6) is -1.66. The van der Waals surface area contributed by atoms with Gasteiger partial charge in [0.25, 0.3) is 5.69 Å². The number of hydrogen-bond donors (Lipinski definition) is 1. The molecule has 0 amide bonds. The Labute approximate surface area is 118 Å². The molecule has 0 spiro atoms. The maximum atomic E-state index is 13.2. The van der Waals surface area contributed by atoms with Gasteiger partial charge < -0.3 is 9.84 Å². The summed E-state index contributed by atoms with van der Waals surface area (Å²) in [5.41, 5.74) is -0.385. The summed E-state index contributed by atoms with van der Waals surface area (Å²) in [6, 6.07) is 7.25. The van der Waals surface area contributed by atoms with E-state index >= 15 is 0 Å². The summed E-state index contributed by atoms with van der Waals surface area (Å²) in [5, 5.41) is 19.7. The Hall–Kier alpha value is -2.96. The van der Waals surface area contributed by atoms with Crippen molar-refractivity contribution in [1.29, 1.82) is 0 Å². The van der Waals surface area contributed by atoms with Gasteiger partial charge in [0.15, 0.2) is 0 Å². The first-order chi connectivity index (χ1) is 9.88. The lowest BCUT2D eigenvalue weighted by Gasteiger charge is -2.09. The monoisotopic (exact) mass is 291 g/mol. The highest BCUT2D eigenvalue weighted by Crippen LogP contribution is 2.29. The SMILES string of the molecule is Cc1ccc(F)cc1Oc1ccc([N+](=O)[O-])c(C(=O)O)c1. The van der Waals surface area contributed by atoms with Crippen LogP contribution in [0.1, 0.15) is 15.9 Å². The molecule has 0 saturated carbocycles. The van der Waals surface area contributed by atoms with Crippen molar-refractivity contribution in [2.24, 2.45) is 0 Å². The molecule has 0 aliphatic heterocycles. The predicted molar refractivity (Wildman–Crippen MR) is 71.3 cm³/mol. The van der Waals surface area contributed by atoms with Gasteiger partial charge in [-0.05, 0) is 24.6 Å². The standard InChI is InChI=1S/C14H10FNO5/c1-8-2-3-9(15)6-13(8)21-10-4-5-12(16(19)20)11(7-10)14(17)18/h2-7H,1H3,(H,17,18). The number of aromatic carboxylic acids is 1. The fourth-order valence-corrected chi connectivity index (χ4v) is 1.72. The van der Waals surface area contributed by atoms with Gasteiger partial charge in [-0.15, -0.1) is 0 Å². The Morgan fingerprint density at radius 3 is 2.62 bits per heavy atom. The molecule has 2 aromatic carbocycles. The van der Waals surface area contributed by atoms with Crippen molar-refractivity contribution >= 4 is 11.7 Å². The minimum atomic E-state index is -1.44. The van der Waals surface area contributed by atoms with Gasteiger partial charge in [0.1, 0.15) is 22.9 Å². The number of nitro benzene ring substituents is 1. The fourth-order valence-electron chi connectivity index (χ4n) is 1.72. The van der Waals surface area contributed by atoms with E-state index in [1.807, 2.05) is 0 Å². The number of carboxylic acids is 1. The van der Waals surface area contributed by atoms with E-state index in [1.165, 1.54) is 18.2 Å². The normalized spacial score (nSPS) is 10.2. The van der Waals surface area contributed by atoms with Crippen LogP contribution >= 0.6 is 0 Å². The molecule has 108 valence electrons. The number of nitrogens with zero attached hydrogens (tertiary/aromatic N) is 1. The van der Waals surface area contributed by atoms with Crippen LogP contribution in [-0.4, -0.2) is 16.0 Å². The lowest BCUT2D eigenvalue weighted by molar-refractivity contribution is -0.385. The van der Waals surface area contributed by atoms with Gasteiger partial charge in [-0.25, -0.2) is 9.18 Å². The second-order valence-electron chi connectivity index (χ2n) is 4.25. The lowest BCUT2D eigenvalue weighted by atomic mass is 10.1. The maximum Gasteiger partial charge on any atom is 0.342 e. The summed E-state index contributed by atoms with van der Waals surface area (Å²) in [7, 11) is 0. The van der Waals surface area contributed by atoms with E-state index in [4.69, 9.17) is 9.84 Å². The Bertz CT molecular complexity index is 729. The molecule has 0 fully saturated rings. The quantitative estimate of drug-likeness (QED) is 0.687. The van der Waals surface area contributed by atoms with Crippen molar-refractivity contribution in [3.05, 3.63) is 63.5 Å². The molecule has 0 aliphatic rings. The summed E-state index contributed by atoms with van der Waals surface area (Å²) in [6.07, 6.45) is 0. The van der Waals surface area contributed by atoms with E-state index in [2.05, 4.69) is 0 Å². The molecule has 0 aromatic heterocycles. The molecule has 0 unspecified atom stereocenters. The molecule has 0 saturated heterocycles. The van der Waals surface area contributed by atoms with Crippen LogP contribution < -0.4 is 4.74 Å². The van der Waals surface area contributed by atoms with Crippen LogP contribution in [-0.2, 0) is 0 Å². The first-order valence-corrected chi connectivity index (χ1v) is 5.84. The fraction of sp³-hybridized carbons (Fsp3) is 0.0714. The lowest BCUT2D eigenvalue weighted by Crippen LogP contribution is -2.03. The first-order valence-electron chi connectivity index (χ1n) is 5.84. The number of benzene rings is 2. The molecule has 6 nitrogen and oxygen atoms in total. The molecule has 2 aromatic rings. The number of carbonyl (C=O) groups is 1. The van der Waals surface area contributed by atoms with Crippen LogP contribution in [0.15, 0.2) is 36.4 Å². The minimum Gasteiger partial charge on any atom is -0.477 e. The third-order valence-electron chi connectivity index (χ3n) is 2.77. The molecule has 0 heterocycles. The maximum absolute atomic E-state index is 13.2. The summed E-state index contributed by atoms with van der Waals surface area (Å²) in [6.45, 7) is 1.69. The predicted octanol–water partition coefficient (Wildman–Crippen LogP) is 3.53. The Balaban J connectivity index is 2.41. The number of halogens is 1. The van der Waals surface area contributed by atoms with Gasteiger partial charge in [0.05, 0.1) is 4.92 Å². The zero-order valence-corrected chi connectivity index (χ0v) is 10.9. The van der Waals surface area contributed by atoms with Crippen LogP contribution in [0.25, 0.3) is 0 Å². The van der Waals surface area contributed by atoms with E-state index in [0.717, 1.165) is 18.2 Å². The van der Waals surface area contributed by atoms with Crippen molar-refractivity contribution < 1.29 is 24.0 Å². The molecular formula is C14H10FNO5. The molecule has 2 rings (SSSR count). The van der Waals surface area contributed by atoms with E-state index in [0.29, 0.717) is 5.56 Å². The average Bonchev–Trinajstić information content (AvgIpc) is 2.42. The third kappa shape index (κ3) is 3.14. The summed E-state index contributed by atoms with van der Waals surface area (Å²) < 4.78 is 18.6. The molecule has 7 heteroatoms. The van der Waals surface area contributed by atoms with Crippen molar-refractivity contribution in [1.82, 2.24) is 0 Å². The van der Waals surface area contributed by atoms with E-state index in [-0.39, 0.29) is 11.5 Å². The van der Waals surface area contributed by atoms with Crippen LogP contribution in [0.5, 0.6) is 11.5 Å². The molecule has 0 bridgehead atoms. The zero-order valence-electron chi connectivity index (χ0n) is 10.9. The topological polar surface area (TPSA) is 89.7 Å². The second kappa shape index (κ2) is 5.58. The second-order valence-corrected chi connectivity index (χ2v) is 4.25. The van der Waals surface area contributed by atoms with Gasteiger partial charge in [-0.3, -0.25) is 10.1 Å². The summed E-state index contributed by atoms with van der Waals surface area (Å²) in [4.78, 5) is 21.0. The Kier molecular flexibility index (Phi) is 3.84. The molecule has 0 aliphatic carbocycles. The minimum absolute atomic E-state index is 0.0756. The molecular weight excluding hydrogens is 281 g/mol. The van der Waals surface area contributed by atoms with Gasteiger partial charge in [-0.2, -0.15) is 0 Å². The van der Waals surface area contributed by atoms with Crippen molar-refractivity contribution in [3.63, 3.8) is 0 Å². The van der Waals surface area contributed by atoms with Crippen LogP contribution in [0.4, 0.5) is 10.1 Å². The zero-order chi connectivity index (χ0) is 15.6. The number of nitro groups is 1. The molecule has 0 radical (unpaired) electrons. The first kappa shape index (κ1) is 14.4. The van der Waals surface area contributed by atoms with Crippen molar-refractivity contribution in [2.75, 3.05) is 0 Å². The van der Waals surface area contributed by atoms with Crippen LogP contribution in [0.3, 0.4) is 0 Å². The number of aryl methyl sites for hydroxylation is 1. The Morgan fingerprint density at radius 2 is 2.00 bits per heavy atom. The summed E-state index contributed by atoms with van der Waals surface area (Å²) >= 11 is 0. The highest BCUT2D eigenvalue weighted by molar-refractivity contribution is 5.92. The van der Waals surface area contributed by atoms with Crippen LogP contribution in [0.2, 0.25) is 0 Å². The van der Waals surface area contributed by atoms with Crippen molar-refractivity contribution in [2.45, 2.75) is 6.92 Å². The number of hydrogen-bond acceptors (Lipinski definition) is 4. The molecule has 0 atom stereocenters. The van der Waals surface area contributed by atoms with Crippen molar-refractivity contribution in [3.8, 4) is 11.5 Å². The van der Waals surface area contributed by atoms with Gasteiger partial charge in [0.2, 0.25) is 0 Å². The molecule has 21 heavy (non-hydrogen) atoms. The van der Waals surface area contributed by atoms with E-state index in [1.54, 1.807) is 6.92 Å². The highest BCUT2D eigenvalue weighted by atomic mass is 19.1. The highest BCUT2D eigenvalue weighted by Gasteiger charge is 2.20. The average molecular weight is 291 g/mol. The largest absolute Gasteiger partial charge is 0.477 e. The third-order valence-corrected chi connectivity index (χ3v) is 2.77. The van der Waals surface area contributed by atoms with Gasteiger partial charge >= 0.3 is 5.97 Å². The van der Waals surface area contributed by atoms with Gasteiger partial charge in [-0.1, -0.05) is 6.07 Å². The smallest absolute Gasteiger partial charge is 0.342 e. The van der Waals surface area contributed by atoms with E-state index < -0.39 is 28.0 Å². The number of ether oxygens (including phenoxy) is 1. The van der Waals surface area contributed by atoms with Crippen LogP contribution in [0, 0.1) is 22.9 Å². The molecule has 1 N–H and O–H groups in total. The van der Waals surface area contributed by atoms with Gasteiger partial charge in [0, 0.05) is 18.2 Å². The number of rotatable bonds is 4. The Morgan fingerprint density at radius 1 is 1.29 bits per heavy atom.